The molecular formula is C30H21Cl2NO3. The Bertz CT molecular complexity index is 1430. The van der Waals surface area contributed by atoms with Gasteiger partial charge in [-0.1, -0.05) is 96.0 Å². The summed E-state index contributed by atoms with van der Waals surface area (Å²) in [5, 5.41) is 11.7. The van der Waals surface area contributed by atoms with Gasteiger partial charge in [0.25, 0.3) is 0 Å². The summed E-state index contributed by atoms with van der Waals surface area (Å²) >= 11 is 12.3. The zero-order chi connectivity index (χ0) is 25.2. The van der Waals surface area contributed by atoms with Crippen molar-refractivity contribution in [2.75, 3.05) is 4.90 Å². The highest BCUT2D eigenvalue weighted by Gasteiger charge is 2.48. The molecule has 0 saturated heterocycles. The van der Waals surface area contributed by atoms with E-state index >= 15 is 0 Å². The molecule has 0 bridgehead atoms. The molecule has 0 amide bonds. The van der Waals surface area contributed by atoms with Crippen molar-refractivity contribution in [2.24, 2.45) is 5.92 Å². The molecule has 0 radical (unpaired) electrons. The highest BCUT2D eigenvalue weighted by atomic mass is 35.5. The molecule has 178 valence electrons. The van der Waals surface area contributed by atoms with Gasteiger partial charge in [0.05, 0.1) is 11.7 Å². The monoisotopic (exact) mass is 513 g/mol. The van der Waals surface area contributed by atoms with Crippen LogP contribution in [-0.4, -0.2) is 16.9 Å². The molecule has 4 nitrogen and oxygen atoms in total. The molecule has 4 aromatic rings. The number of carbonyl (C=O) groups is 2. The van der Waals surface area contributed by atoms with Crippen molar-refractivity contribution in [3.8, 4) is 0 Å². The van der Waals surface area contributed by atoms with Crippen LogP contribution in [-0.2, 0) is 4.79 Å². The maximum atomic E-state index is 14.1. The first-order valence-corrected chi connectivity index (χ1v) is 12.1. The predicted molar refractivity (Wildman–Crippen MR) is 143 cm³/mol. The molecule has 0 spiro atoms. The van der Waals surface area contributed by atoms with Gasteiger partial charge in [-0.05, 0) is 47.5 Å². The highest BCUT2D eigenvalue weighted by molar-refractivity contribution is 6.31. The van der Waals surface area contributed by atoms with Crippen LogP contribution in [0.4, 0.5) is 5.69 Å². The normalized spacial score (nSPS) is 17.3. The van der Waals surface area contributed by atoms with Gasteiger partial charge in [0, 0.05) is 26.9 Å². The second kappa shape index (κ2) is 10.0. The minimum Gasteiger partial charge on any atom is -0.481 e. The minimum absolute atomic E-state index is 0.257. The topological polar surface area (TPSA) is 57.6 Å². The van der Waals surface area contributed by atoms with Crippen LogP contribution in [0.15, 0.2) is 115 Å². The van der Waals surface area contributed by atoms with Crippen molar-refractivity contribution in [3.63, 3.8) is 0 Å². The third-order valence-electron chi connectivity index (χ3n) is 6.32. The molecular weight excluding hydrogens is 493 g/mol. The van der Waals surface area contributed by atoms with E-state index in [0.717, 1.165) is 5.56 Å². The molecule has 5 rings (SSSR count). The summed E-state index contributed by atoms with van der Waals surface area (Å²) in [6.07, 6.45) is 0. The van der Waals surface area contributed by atoms with Gasteiger partial charge in [-0.15, -0.1) is 0 Å². The second-order valence-electron chi connectivity index (χ2n) is 8.48. The molecule has 1 unspecified atom stereocenters. The van der Waals surface area contributed by atoms with Crippen LogP contribution < -0.4 is 4.90 Å². The van der Waals surface area contributed by atoms with E-state index in [0.29, 0.717) is 38.1 Å². The first-order chi connectivity index (χ1) is 17.5. The largest absolute Gasteiger partial charge is 0.481 e. The number of nitrogens with zero attached hydrogens (tertiary/aromatic N) is 1. The minimum atomic E-state index is -1.03. The number of para-hydroxylation sites is 1. The maximum Gasteiger partial charge on any atom is 0.313 e. The maximum absolute atomic E-state index is 14.1. The fraction of sp³-hybridized carbons (Fsp3) is 0.0667. The summed E-state index contributed by atoms with van der Waals surface area (Å²) in [4.78, 5) is 28.9. The van der Waals surface area contributed by atoms with E-state index in [2.05, 4.69) is 0 Å². The van der Waals surface area contributed by atoms with Crippen LogP contribution in [0.25, 0.3) is 5.57 Å². The summed E-state index contributed by atoms with van der Waals surface area (Å²) in [5.41, 5.74) is 3.31. The van der Waals surface area contributed by atoms with Gasteiger partial charge in [-0.25, -0.2) is 0 Å². The summed E-state index contributed by atoms with van der Waals surface area (Å²) in [7, 11) is 0. The number of carbonyl (C=O) groups excluding carboxylic acids is 1. The Morgan fingerprint density at radius 3 is 1.78 bits per heavy atom. The molecule has 1 aliphatic heterocycles. The molecule has 0 saturated carbocycles. The number of halogens is 2. The summed E-state index contributed by atoms with van der Waals surface area (Å²) in [5.74, 6) is -2.32. The Morgan fingerprint density at radius 2 is 1.22 bits per heavy atom. The fourth-order valence-corrected chi connectivity index (χ4v) is 5.02. The number of anilines is 1. The Kier molecular flexibility index (Phi) is 6.64. The summed E-state index contributed by atoms with van der Waals surface area (Å²) in [6.45, 7) is 0. The van der Waals surface area contributed by atoms with Crippen LogP contribution >= 0.6 is 23.2 Å². The second-order valence-corrected chi connectivity index (χ2v) is 9.36. The highest BCUT2D eigenvalue weighted by Crippen LogP contribution is 2.51. The van der Waals surface area contributed by atoms with Crippen LogP contribution in [0, 0.1) is 5.92 Å². The van der Waals surface area contributed by atoms with Crippen molar-refractivity contribution in [3.05, 3.63) is 142 Å². The number of carboxylic acid groups (broad SMARTS) is 1. The van der Waals surface area contributed by atoms with Crippen molar-refractivity contribution in [1.82, 2.24) is 0 Å². The zero-order valence-electron chi connectivity index (χ0n) is 19.0. The van der Waals surface area contributed by atoms with Crippen LogP contribution in [0.5, 0.6) is 0 Å². The summed E-state index contributed by atoms with van der Waals surface area (Å²) < 4.78 is 0. The van der Waals surface area contributed by atoms with Crippen LogP contribution in [0.2, 0.25) is 10.0 Å². The van der Waals surface area contributed by atoms with Crippen LogP contribution in [0.1, 0.15) is 27.5 Å². The number of hydrogen-bond donors (Lipinski definition) is 1. The number of hydrogen-bond acceptors (Lipinski definition) is 3. The lowest BCUT2D eigenvalue weighted by atomic mass is 9.85. The van der Waals surface area contributed by atoms with Gasteiger partial charge in [0.1, 0.15) is 5.92 Å². The van der Waals surface area contributed by atoms with Gasteiger partial charge in [-0.3, -0.25) is 9.59 Å². The molecule has 1 aliphatic rings. The van der Waals surface area contributed by atoms with E-state index in [-0.39, 0.29) is 5.78 Å². The van der Waals surface area contributed by atoms with Gasteiger partial charge in [-0.2, -0.15) is 0 Å². The molecule has 1 heterocycles. The Labute approximate surface area is 219 Å². The number of allylic oxidation sites excluding steroid dienone is 1. The van der Waals surface area contributed by atoms with E-state index in [1.54, 1.807) is 60.7 Å². The predicted octanol–water partition coefficient (Wildman–Crippen LogP) is 7.55. The molecule has 1 N–H and O–H groups in total. The number of carboxylic acids is 1. The average Bonchev–Trinajstić information content (AvgIpc) is 3.26. The van der Waals surface area contributed by atoms with Crippen molar-refractivity contribution < 1.29 is 14.7 Å². The number of rotatable bonds is 6. The molecule has 36 heavy (non-hydrogen) atoms. The van der Waals surface area contributed by atoms with Gasteiger partial charge in [0.2, 0.25) is 5.78 Å². The van der Waals surface area contributed by atoms with Gasteiger partial charge < -0.3 is 10.0 Å². The molecule has 2 atom stereocenters. The lowest BCUT2D eigenvalue weighted by Crippen LogP contribution is -2.32. The number of Topliss-reactive ketones (excluding diaryl/α,β-unsaturated/α-hetero) is 1. The van der Waals surface area contributed by atoms with Crippen molar-refractivity contribution in [2.45, 2.75) is 6.04 Å². The Hall–Kier alpha value is -3.86. The third kappa shape index (κ3) is 4.41. The van der Waals surface area contributed by atoms with E-state index in [9.17, 15) is 14.7 Å². The average molecular weight is 514 g/mol. The standard InChI is InChI=1S/C30H21Cl2NO3/c31-22-15-11-19(12-16-22)25-26(30(35)36)27(20-13-17-23(32)18-14-20)33(24-9-5-2-6-10-24)28(25)29(34)21-7-3-1-4-8-21/h1-18,26-27H,(H,35,36)/t26-,27?/m1/s1. The number of benzene rings is 4. The van der Waals surface area contributed by atoms with Crippen molar-refractivity contribution >= 4 is 46.2 Å². The Balaban J connectivity index is 1.84. The lowest BCUT2D eigenvalue weighted by Gasteiger charge is -2.31. The lowest BCUT2D eigenvalue weighted by molar-refractivity contribution is -0.140. The molecule has 0 aromatic heterocycles. The zero-order valence-corrected chi connectivity index (χ0v) is 20.5. The van der Waals surface area contributed by atoms with Crippen LogP contribution in [0.3, 0.4) is 0 Å². The quantitative estimate of drug-likeness (QED) is 0.270. The molecule has 4 aromatic carbocycles. The first-order valence-electron chi connectivity index (χ1n) is 11.4. The number of aliphatic carboxylic acids is 1. The van der Waals surface area contributed by atoms with E-state index in [1.807, 2.05) is 53.4 Å². The van der Waals surface area contributed by atoms with Gasteiger partial charge in [0.15, 0.2) is 0 Å². The van der Waals surface area contributed by atoms with E-state index in [4.69, 9.17) is 23.2 Å². The molecule has 6 heteroatoms. The Morgan fingerprint density at radius 1 is 0.694 bits per heavy atom. The smallest absolute Gasteiger partial charge is 0.313 e. The SMILES string of the molecule is O=C(C1=C(c2ccc(Cl)cc2)[C@@H](C(=O)O)C(c2ccc(Cl)cc2)N1c1ccccc1)c1ccccc1. The third-order valence-corrected chi connectivity index (χ3v) is 6.82. The van der Waals surface area contributed by atoms with Gasteiger partial charge >= 0.3 is 5.97 Å². The van der Waals surface area contributed by atoms with Crippen molar-refractivity contribution in [1.29, 1.82) is 0 Å². The summed E-state index contributed by atoms with van der Waals surface area (Å²) in [6, 6.07) is 31.6. The van der Waals surface area contributed by atoms with E-state index < -0.39 is 17.9 Å². The molecule has 0 fully saturated rings. The molecule has 0 aliphatic carbocycles. The fourth-order valence-electron chi connectivity index (χ4n) is 4.77. The first kappa shape index (κ1) is 23.9. The van der Waals surface area contributed by atoms with E-state index in [1.165, 1.54) is 0 Å². The number of ketones is 1.